The molecule has 1 aliphatic heterocycles. The van der Waals surface area contributed by atoms with Crippen LogP contribution in [-0.4, -0.2) is 43.7 Å². The minimum Gasteiger partial charge on any atom is -0.329 e. The molecule has 3 N–H and O–H groups in total. The van der Waals surface area contributed by atoms with Crippen LogP contribution in [0.15, 0.2) is 12.7 Å². The molecule has 0 aromatic heterocycles. The Morgan fingerprint density at radius 2 is 2.46 bits per heavy atom. The van der Waals surface area contributed by atoms with Gasteiger partial charge in [-0.05, 0) is 33.0 Å². The second kappa shape index (κ2) is 4.74. The van der Waals surface area contributed by atoms with Crippen molar-refractivity contribution in [3.8, 4) is 0 Å². The van der Waals surface area contributed by atoms with Crippen molar-refractivity contribution in [2.45, 2.75) is 18.4 Å². The van der Waals surface area contributed by atoms with Gasteiger partial charge in [0.15, 0.2) is 0 Å². The van der Waals surface area contributed by atoms with Crippen molar-refractivity contribution in [1.82, 2.24) is 10.2 Å². The van der Waals surface area contributed by atoms with Crippen LogP contribution in [0.2, 0.25) is 0 Å². The van der Waals surface area contributed by atoms with Gasteiger partial charge in [-0.3, -0.25) is 0 Å². The molecule has 0 spiro atoms. The Labute approximate surface area is 81.0 Å². The van der Waals surface area contributed by atoms with E-state index in [1.54, 1.807) is 0 Å². The molecule has 3 heteroatoms. The number of hydrogen-bond acceptors (Lipinski definition) is 3. The molecule has 1 rings (SSSR count). The second-order valence-electron chi connectivity index (χ2n) is 3.98. The normalized spacial score (nSPS) is 29.4. The SMILES string of the molecule is C=CCCNC1(CN)CCN(C)C1. The lowest BCUT2D eigenvalue weighted by molar-refractivity contribution is 0.319. The fourth-order valence-corrected chi connectivity index (χ4v) is 1.90. The molecule has 0 bridgehead atoms. The first-order valence-corrected chi connectivity index (χ1v) is 4.97. The fourth-order valence-electron chi connectivity index (χ4n) is 1.90. The molecule has 13 heavy (non-hydrogen) atoms. The zero-order chi connectivity index (χ0) is 9.73. The van der Waals surface area contributed by atoms with Crippen LogP contribution in [0.1, 0.15) is 12.8 Å². The number of nitrogens with two attached hydrogens (primary N) is 1. The van der Waals surface area contributed by atoms with E-state index in [9.17, 15) is 0 Å². The first-order valence-electron chi connectivity index (χ1n) is 4.97. The highest BCUT2D eigenvalue weighted by molar-refractivity contribution is 4.97. The third kappa shape index (κ3) is 2.79. The molecule has 0 aromatic rings. The van der Waals surface area contributed by atoms with Crippen molar-refractivity contribution in [1.29, 1.82) is 0 Å². The Kier molecular flexibility index (Phi) is 3.90. The van der Waals surface area contributed by atoms with Crippen LogP contribution in [0, 0.1) is 0 Å². The predicted molar refractivity (Wildman–Crippen MR) is 56.7 cm³/mol. The number of likely N-dealkylation sites (N-methyl/N-ethyl adjacent to an activating group) is 1. The van der Waals surface area contributed by atoms with Crippen molar-refractivity contribution in [3.05, 3.63) is 12.7 Å². The standard InChI is InChI=1S/C10H21N3/c1-3-4-6-12-10(8-11)5-7-13(2)9-10/h3,12H,1,4-9,11H2,2H3. The summed E-state index contributed by atoms with van der Waals surface area (Å²) in [7, 11) is 2.15. The Hall–Kier alpha value is -0.380. The summed E-state index contributed by atoms with van der Waals surface area (Å²) in [6, 6.07) is 0. The van der Waals surface area contributed by atoms with Gasteiger partial charge in [-0.15, -0.1) is 6.58 Å². The summed E-state index contributed by atoms with van der Waals surface area (Å²) in [5.74, 6) is 0. The van der Waals surface area contributed by atoms with Crippen LogP contribution < -0.4 is 11.1 Å². The molecular weight excluding hydrogens is 162 g/mol. The molecule has 1 fully saturated rings. The maximum Gasteiger partial charge on any atom is 0.0444 e. The molecule has 76 valence electrons. The van der Waals surface area contributed by atoms with Gasteiger partial charge in [0.05, 0.1) is 0 Å². The molecule has 1 heterocycles. The number of rotatable bonds is 5. The van der Waals surface area contributed by atoms with Gasteiger partial charge in [0.25, 0.3) is 0 Å². The van der Waals surface area contributed by atoms with Crippen molar-refractivity contribution < 1.29 is 0 Å². The lowest BCUT2D eigenvalue weighted by Gasteiger charge is -2.28. The van der Waals surface area contributed by atoms with E-state index < -0.39 is 0 Å². The van der Waals surface area contributed by atoms with E-state index in [1.165, 1.54) is 0 Å². The van der Waals surface area contributed by atoms with E-state index in [1.807, 2.05) is 6.08 Å². The van der Waals surface area contributed by atoms with E-state index in [2.05, 4.69) is 23.8 Å². The highest BCUT2D eigenvalue weighted by Gasteiger charge is 2.34. The number of likely N-dealkylation sites (tertiary alicyclic amines) is 1. The largest absolute Gasteiger partial charge is 0.329 e. The van der Waals surface area contributed by atoms with Gasteiger partial charge in [-0.2, -0.15) is 0 Å². The third-order valence-electron chi connectivity index (χ3n) is 2.78. The quantitative estimate of drug-likeness (QED) is 0.472. The highest BCUT2D eigenvalue weighted by atomic mass is 15.2. The van der Waals surface area contributed by atoms with E-state index in [0.717, 1.165) is 39.0 Å². The van der Waals surface area contributed by atoms with Crippen LogP contribution in [0.5, 0.6) is 0 Å². The molecule has 1 atom stereocenters. The number of nitrogens with zero attached hydrogens (tertiary/aromatic N) is 1. The maximum absolute atomic E-state index is 5.80. The average Bonchev–Trinajstić information content (AvgIpc) is 2.49. The Morgan fingerprint density at radius 3 is 2.92 bits per heavy atom. The van der Waals surface area contributed by atoms with Crippen LogP contribution >= 0.6 is 0 Å². The van der Waals surface area contributed by atoms with Gasteiger partial charge < -0.3 is 16.0 Å². The van der Waals surface area contributed by atoms with Gasteiger partial charge in [-0.25, -0.2) is 0 Å². The van der Waals surface area contributed by atoms with Gasteiger partial charge in [-0.1, -0.05) is 6.08 Å². The van der Waals surface area contributed by atoms with Crippen LogP contribution in [0.3, 0.4) is 0 Å². The zero-order valence-corrected chi connectivity index (χ0v) is 8.55. The molecule has 0 aliphatic carbocycles. The van der Waals surface area contributed by atoms with E-state index in [-0.39, 0.29) is 5.54 Å². The second-order valence-corrected chi connectivity index (χ2v) is 3.98. The smallest absolute Gasteiger partial charge is 0.0444 e. The van der Waals surface area contributed by atoms with Gasteiger partial charge in [0, 0.05) is 18.6 Å². The fraction of sp³-hybridized carbons (Fsp3) is 0.800. The van der Waals surface area contributed by atoms with E-state index in [4.69, 9.17) is 5.73 Å². The number of nitrogens with one attached hydrogen (secondary N) is 1. The highest BCUT2D eigenvalue weighted by Crippen LogP contribution is 2.18. The van der Waals surface area contributed by atoms with Crippen LogP contribution in [0.4, 0.5) is 0 Å². The van der Waals surface area contributed by atoms with Crippen molar-refractivity contribution in [3.63, 3.8) is 0 Å². The van der Waals surface area contributed by atoms with Crippen LogP contribution in [0.25, 0.3) is 0 Å². The average molecular weight is 183 g/mol. The Morgan fingerprint density at radius 1 is 1.69 bits per heavy atom. The van der Waals surface area contributed by atoms with Crippen LogP contribution in [-0.2, 0) is 0 Å². The molecule has 1 unspecified atom stereocenters. The van der Waals surface area contributed by atoms with Crippen molar-refractivity contribution >= 4 is 0 Å². The molecule has 0 saturated carbocycles. The Bertz CT molecular complexity index is 170. The van der Waals surface area contributed by atoms with Gasteiger partial charge >= 0.3 is 0 Å². The Balaban J connectivity index is 2.36. The molecule has 0 radical (unpaired) electrons. The molecular formula is C10H21N3. The van der Waals surface area contributed by atoms with Crippen molar-refractivity contribution in [2.24, 2.45) is 5.73 Å². The van der Waals surface area contributed by atoms with E-state index >= 15 is 0 Å². The molecule has 0 amide bonds. The molecule has 3 nitrogen and oxygen atoms in total. The summed E-state index contributed by atoms with van der Waals surface area (Å²) in [4.78, 5) is 2.33. The lowest BCUT2D eigenvalue weighted by atomic mass is 9.99. The summed E-state index contributed by atoms with van der Waals surface area (Å²) in [5.41, 5.74) is 5.96. The summed E-state index contributed by atoms with van der Waals surface area (Å²) in [5, 5.41) is 3.54. The molecule has 1 aliphatic rings. The minimum atomic E-state index is 0.164. The van der Waals surface area contributed by atoms with Gasteiger partial charge in [0.1, 0.15) is 0 Å². The molecule has 1 saturated heterocycles. The summed E-state index contributed by atoms with van der Waals surface area (Å²) in [6.07, 6.45) is 4.12. The predicted octanol–water partition coefficient (Wildman–Crippen LogP) is 0.185. The van der Waals surface area contributed by atoms with Crippen molar-refractivity contribution in [2.75, 3.05) is 33.2 Å². The maximum atomic E-state index is 5.80. The lowest BCUT2D eigenvalue weighted by Crippen LogP contribution is -2.53. The van der Waals surface area contributed by atoms with E-state index in [0.29, 0.717) is 0 Å². The van der Waals surface area contributed by atoms with Gasteiger partial charge in [0.2, 0.25) is 0 Å². The first kappa shape index (κ1) is 10.7. The minimum absolute atomic E-state index is 0.164. The first-order chi connectivity index (χ1) is 6.22. The summed E-state index contributed by atoms with van der Waals surface area (Å²) < 4.78 is 0. The summed E-state index contributed by atoms with van der Waals surface area (Å²) in [6.45, 7) is 7.65. The molecule has 0 aromatic carbocycles. The zero-order valence-electron chi connectivity index (χ0n) is 8.55. The monoisotopic (exact) mass is 183 g/mol. The third-order valence-corrected chi connectivity index (χ3v) is 2.78. The topological polar surface area (TPSA) is 41.3 Å². The number of hydrogen-bond donors (Lipinski definition) is 2. The summed E-state index contributed by atoms with van der Waals surface area (Å²) >= 11 is 0.